The molecule has 0 aliphatic rings. The number of primary amides is 1. The van der Waals surface area contributed by atoms with Gasteiger partial charge >= 0.3 is 11.9 Å². The molecular weight excluding hydrogens is 566 g/mol. The number of guanidine groups is 1. The number of carboxylic acids is 2. The maximum Gasteiger partial charge on any atom is 0.326 e. The number of aromatic nitrogens is 1. The number of carbonyl (C=O) groups is 6. The number of H-pyrrole nitrogens is 1. The summed E-state index contributed by atoms with van der Waals surface area (Å²) < 4.78 is 0. The summed E-state index contributed by atoms with van der Waals surface area (Å²) in [5.74, 6) is -6.30. The molecule has 0 fully saturated rings. The zero-order valence-corrected chi connectivity index (χ0v) is 23.2. The van der Waals surface area contributed by atoms with E-state index in [1.807, 2.05) is 12.1 Å². The topological polar surface area (TPSA) is 311 Å². The highest BCUT2D eigenvalue weighted by atomic mass is 16.4. The summed E-state index contributed by atoms with van der Waals surface area (Å²) in [6, 6.07) is 1.71. The van der Waals surface area contributed by atoms with Crippen LogP contribution in [0.5, 0.6) is 0 Å². The normalized spacial score (nSPS) is 13.6. The Morgan fingerprint density at radius 2 is 1.49 bits per heavy atom. The number of fused-ring (bicyclic) bond motifs is 1. The molecule has 4 atom stereocenters. The third kappa shape index (κ3) is 11.3. The van der Waals surface area contributed by atoms with E-state index in [-0.39, 0.29) is 31.8 Å². The Kier molecular flexibility index (Phi) is 12.9. The summed E-state index contributed by atoms with van der Waals surface area (Å²) >= 11 is 0. The van der Waals surface area contributed by atoms with E-state index in [4.69, 9.17) is 28.0 Å². The molecular formula is C26H37N9O8. The van der Waals surface area contributed by atoms with Gasteiger partial charge in [-0.15, -0.1) is 0 Å². The van der Waals surface area contributed by atoms with Crippen LogP contribution in [0.15, 0.2) is 35.5 Å². The number of hydrogen-bond acceptors (Lipinski definition) is 8. The van der Waals surface area contributed by atoms with Gasteiger partial charge in [-0.2, -0.15) is 0 Å². The number of amides is 4. The number of para-hydroxylation sites is 1. The number of benzene rings is 1. The monoisotopic (exact) mass is 603 g/mol. The second-order valence-electron chi connectivity index (χ2n) is 9.74. The molecule has 0 radical (unpaired) electrons. The van der Waals surface area contributed by atoms with Crippen LogP contribution >= 0.6 is 0 Å². The first-order chi connectivity index (χ1) is 20.3. The first-order valence-electron chi connectivity index (χ1n) is 13.3. The molecule has 1 heterocycles. The second kappa shape index (κ2) is 16.3. The zero-order valence-electron chi connectivity index (χ0n) is 23.2. The third-order valence-electron chi connectivity index (χ3n) is 6.33. The van der Waals surface area contributed by atoms with Gasteiger partial charge < -0.3 is 54.1 Å². The molecule has 0 saturated heterocycles. The fourth-order valence-corrected chi connectivity index (χ4v) is 4.16. The molecule has 17 heteroatoms. The molecule has 0 saturated carbocycles. The Bertz CT molecular complexity index is 1360. The first kappa shape index (κ1) is 34.0. The molecule has 0 bridgehead atoms. The minimum absolute atomic E-state index is 0.0471. The molecule has 1 aromatic carbocycles. The van der Waals surface area contributed by atoms with Gasteiger partial charge in [0.05, 0.1) is 12.5 Å². The van der Waals surface area contributed by atoms with Crippen LogP contribution < -0.4 is 38.9 Å². The molecule has 234 valence electrons. The van der Waals surface area contributed by atoms with Crippen molar-refractivity contribution >= 4 is 52.4 Å². The number of carboxylic acid groups (broad SMARTS) is 2. The van der Waals surface area contributed by atoms with E-state index < -0.39 is 79.0 Å². The lowest BCUT2D eigenvalue weighted by Gasteiger charge is -2.25. The highest BCUT2D eigenvalue weighted by Gasteiger charge is 2.31. The summed E-state index contributed by atoms with van der Waals surface area (Å²) in [7, 11) is 0. The van der Waals surface area contributed by atoms with E-state index in [1.165, 1.54) is 0 Å². The summed E-state index contributed by atoms with van der Waals surface area (Å²) in [6.45, 7) is 0.0842. The van der Waals surface area contributed by atoms with Gasteiger partial charge in [-0.3, -0.25) is 29.0 Å². The predicted octanol–water partition coefficient (Wildman–Crippen LogP) is -2.63. The highest BCUT2D eigenvalue weighted by molar-refractivity contribution is 5.95. The first-order valence-corrected chi connectivity index (χ1v) is 13.3. The molecule has 0 aliphatic heterocycles. The average Bonchev–Trinajstić information content (AvgIpc) is 3.33. The van der Waals surface area contributed by atoms with Crippen molar-refractivity contribution in [1.82, 2.24) is 20.9 Å². The number of nitrogens with two attached hydrogens (primary N) is 4. The summed E-state index contributed by atoms with van der Waals surface area (Å²) in [6.07, 6.45) is 0.338. The second-order valence-corrected chi connectivity index (χ2v) is 9.74. The van der Waals surface area contributed by atoms with E-state index in [2.05, 4.69) is 25.9 Å². The molecule has 2 rings (SSSR count). The third-order valence-corrected chi connectivity index (χ3v) is 6.33. The quantitative estimate of drug-likeness (QED) is 0.0477. The number of nitrogens with one attached hydrogen (secondary N) is 4. The average molecular weight is 604 g/mol. The fourth-order valence-electron chi connectivity index (χ4n) is 4.16. The molecule has 2 aromatic rings. The number of nitrogens with zero attached hydrogens (tertiary/aromatic N) is 1. The van der Waals surface area contributed by atoms with Gasteiger partial charge in [-0.05, 0) is 30.9 Å². The number of aliphatic imine (C=N–C) groups is 1. The molecule has 4 amide bonds. The Labute approximate surface area is 245 Å². The fraction of sp³-hybridized carbons (Fsp3) is 0.423. The highest BCUT2D eigenvalue weighted by Crippen LogP contribution is 2.19. The molecule has 0 spiro atoms. The van der Waals surface area contributed by atoms with Crippen molar-refractivity contribution in [3.8, 4) is 0 Å². The van der Waals surface area contributed by atoms with Gasteiger partial charge in [0.25, 0.3) is 0 Å². The van der Waals surface area contributed by atoms with Gasteiger partial charge in [-0.1, -0.05) is 18.2 Å². The van der Waals surface area contributed by atoms with E-state index in [0.29, 0.717) is 5.56 Å². The molecule has 0 aliphatic carbocycles. The lowest BCUT2D eigenvalue weighted by molar-refractivity contribution is -0.143. The van der Waals surface area contributed by atoms with Crippen molar-refractivity contribution in [2.24, 2.45) is 27.9 Å². The van der Waals surface area contributed by atoms with Gasteiger partial charge in [0.15, 0.2) is 5.96 Å². The Balaban J connectivity index is 2.33. The largest absolute Gasteiger partial charge is 0.481 e. The van der Waals surface area contributed by atoms with Crippen LogP contribution in [0.4, 0.5) is 0 Å². The molecule has 4 unspecified atom stereocenters. The van der Waals surface area contributed by atoms with Gasteiger partial charge in [-0.25, -0.2) is 4.79 Å². The van der Waals surface area contributed by atoms with E-state index >= 15 is 0 Å². The summed E-state index contributed by atoms with van der Waals surface area (Å²) in [5, 5.41) is 26.4. The number of aliphatic carboxylic acids is 2. The SMILES string of the molecule is NC(=O)CC(N)C(=O)NC(Cc1c[nH]c2ccccc12)C(=O)NC(CCCN=C(N)N)C(=O)NC(CCC(=O)O)C(=O)O. The lowest BCUT2D eigenvalue weighted by atomic mass is 10.0. The van der Waals surface area contributed by atoms with Crippen LogP contribution in [0, 0.1) is 0 Å². The number of hydrogen-bond donors (Lipinski definition) is 10. The lowest BCUT2D eigenvalue weighted by Crippen LogP contribution is -2.57. The summed E-state index contributed by atoms with van der Waals surface area (Å²) in [4.78, 5) is 80.2. The maximum absolute atomic E-state index is 13.6. The van der Waals surface area contributed by atoms with Crippen LogP contribution in [0.25, 0.3) is 10.9 Å². The van der Waals surface area contributed by atoms with Gasteiger partial charge in [0, 0.05) is 36.5 Å². The van der Waals surface area contributed by atoms with Crippen molar-refractivity contribution < 1.29 is 39.0 Å². The van der Waals surface area contributed by atoms with Gasteiger partial charge in [0.2, 0.25) is 23.6 Å². The minimum atomic E-state index is -1.55. The van der Waals surface area contributed by atoms with Crippen molar-refractivity contribution in [3.63, 3.8) is 0 Å². The Morgan fingerprint density at radius 1 is 0.860 bits per heavy atom. The molecule has 43 heavy (non-hydrogen) atoms. The molecule has 1 aromatic heterocycles. The number of rotatable bonds is 18. The van der Waals surface area contributed by atoms with Crippen LogP contribution in [0.1, 0.15) is 37.7 Å². The van der Waals surface area contributed by atoms with E-state index in [0.717, 1.165) is 10.9 Å². The Morgan fingerprint density at radius 3 is 2.12 bits per heavy atom. The smallest absolute Gasteiger partial charge is 0.326 e. The van der Waals surface area contributed by atoms with Crippen LogP contribution in [-0.4, -0.2) is 87.4 Å². The Hall–Kier alpha value is -5.19. The zero-order chi connectivity index (χ0) is 32.1. The standard InChI is InChI=1S/C26H37N9O8/c27-15(11-20(28)36)22(39)35-19(10-13-12-32-16-5-2-1-4-14(13)16)24(41)33-17(6-3-9-31-26(29)30)23(40)34-18(25(42)43)7-8-21(37)38/h1-2,4-5,12,15,17-19,32H,3,6-11,27H2,(H2,28,36)(H,33,41)(H,34,40)(H,35,39)(H,37,38)(H,42,43)(H4,29,30,31). The van der Waals surface area contributed by atoms with Crippen LogP contribution in [0.3, 0.4) is 0 Å². The maximum atomic E-state index is 13.6. The van der Waals surface area contributed by atoms with Crippen molar-refractivity contribution in [2.75, 3.05) is 6.54 Å². The van der Waals surface area contributed by atoms with Crippen molar-refractivity contribution in [3.05, 3.63) is 36.0 Å². The van der Waals surface area contributed by atoms with Crippen molar-refractivity contribution in [2.45, 2.75) is 62.7 Å². The van der Waals surface area contributed by atoms with Gasteiger partial charge in [0.1, 0.15) is 18.1 Å². The van der Waals surface area contributed by atoms with E-state index in [1.54, 1.807) is 18.3 Å². The predicted molar refractivity (Wildman–Crippen MR) is 154 cm³/mol. The van der Waals surface area contributed by atoms with Crippen LogP contribution in [-0.2, 0) is 35.2 Å². The molecule has 17 nitrogen and oxygen atoms in total. The van der Waals surface area contributed by atoms with E-state index in [9.17, 15) is 33.9 Å². The number of carbonyl (C=O) groups excluding carboxylic acids is 4. The molecule has 14 N–H and O–H groups in total. The minimum Gasteiger partial charge on any atom is -0.481 e. The van der Waals surface area contributed by atoms with Crippen LogP contribution in [0.2, 0.25) is 0 Å². The summed E-state index contributed by atoms with van der Waals surface area (Å²) in [5.41, 5.74) is 23.0. The number of aromatic amines is 1. The van der Waals surface area contributed by atoms with Crippen molar-refractivity contribution in [1.29, 1.82) is 0 Å².